The van der Waals surface area contributed by atoms with Crippen LogP contribution in [0, 0.1) is 20.8 Å². The maximum atomic E-state index is 2.44. The molecular formula is C56H50N2. The molecule has 8 rings (SSSR count). The topological polar surface area (TPSA) is 6.48 Å². The molecule has 0 saturated carbocycles. The van der Waals surface area contributed by atoms with Crippen LogP contribution in [-0.2, 0) is 0 Å². The maximum Gasteiger partial charge on any atom is 0.0560 e. The van der Waals surface area contributed by atoms with Crippen molar-refractivity contribution in [3.63, 3.8) is 0 Å². The minimum atomic E-state index is 0.287. The van der Waals surface area contributed by atoms with Crippen LogP contribution in [-0.4, -0.2) is 6.04 Å². The predicted octanol–water partition coefficient (Wildman–Crippen LogP) is 15.5. The van der Waals surface area contributed by atoms with Gasteiger partial charge in [0.15, 0.2) is 0 Å². The molecule has 284 valence electrons. The summed E-state index contributed by atoms with van der Waals surface area (Å²) in [6.45, 7) is 8.56. The second-order valence-corrected chi connectivity index (χ2v) is 15.4. The maximum absolute atomic E-state index is 2.44. The van der Waals surface area contributed by atoms with Crippen LogP contribution in [0.3, 0.4) is 0 Å². The van der Waals surface area contributed by atoms with Crippen LogP contribution in [0.1, 0.15) is 52.3 Å². The fraction of sp³-hybridized carbons (Fsp3) is 0.107. The number of hydrogen-bond donors (Lipinski definition) is 0. The average Bonchev–Trinajstić information content (AvgIpc) is 3.26. The summed E-state index contributed by atoms with van der Waals surface area (Å²) in [5.74, 6) is 0. The Morgan fingerprint density at radius 1 is 0.379 bits per heavy atom. The molecule has 0 N–H and O–H groups in total. The lowest BCUT2D eigenvalue weighted by Crippen LogP contribution is -2.30. The van der Waals surface area contributed by atoms with Gasteiger partial charge in [-0.1, -0.05) is 174 Å². The quantitative estimate of drug-likeness (QED) is 0.122. The third-order valence-electron chi connectivity index (χ3n) is 10.9. The summed E-state index contributed by atoms with van der Waals surface area (Å²) in [5.41, 5.74) is 18.0. The Balaban J connectivity index is 0.902. The monoisotopic (exact) mass is 750 g/mol. The van der Waals surface area contributed by atoms with E-state index in [0.29, 0.717) is 0 Å². The van der Waals surface area contributed by atoms with Gasteiger partial charge < -0.3 is 9.80 Å². The molecule has 0 heterocycles. The van der Waals surface area contributed by atoms with Crippen molar-refractivity contribution in [3.8, 4) is 11.1 Å². The number of allylic oxidation sites excluding steroid dienone is 2. The summed E-state index contributed by atoms with van der Waals surface area (Å²) in [4.78, 5) is 4.75. The second kappa shape index (κ2) is 17.5. The lowest BCUT2D eigenvalue weighted by Gasteiger charge is -2.33. The minimum absolute atomic E-state index is 0.287. The van der Waals surface area contributed by atoms with Crippen LogP contribution in [0.15, 0.2) is 194 Å². The number of anilines is 5. The summed E-state index contributed by atoms with van der Waals surface area (Å²) >= 11 is 0. The summed E-state index contributed by atoms with van der Waals surface area (Å²) in [6.07, 6.45) is 16.6. The van der Waals surface area contributed by atoms with Gasteiger partial charge in [-0.05, 0) is 128 Å². The summed E-state index contributed by atoms with van der Waals surface area (Å²) in [7, 11) is 0. The van der Waals surface area contributed by atoms with Gasteiger partial charge >= 0.3 is 0 Å². The van der Waals surface area contributed by atoms with Crippen LogP contribution in [0.5, 0.6) is 0 Å². The smallest absolute Gasteiger partial charge is 0.0560 e. The number of rotatable bonds is 11. The van der Waals surface area contributed by atoms with Crippen LogP contribution >= 0.6 is 0 Å². The van der Waals surface area contributed by atoms with Gasteiger partial charge in [-0.25, -0.2) is 0 Å². The van der Waals surface area contributed by atoms with Crippen LogP contribution < -0.4 is 9.80 Å². The largest absolute Gasteiger partial charge is 0.334 e. The Bertz CT molecular complexity index is 2510. The number of nitrogens with zero attached hydrogens (tertiary/aromatic N) is 2. The Morgan fingerprint density at radius 2 is 0.690 bits per heavy atom. The third kappa shape index (κ3) is 9.20. The fourth-order valence-corrected chi connectivity index (χ4v) is 7.42. The highest BCUT2D eigenvalue weighted by Gasteiger charge is 2.20. The van der Waals surface area contributed by atoms with Crippen molar-refractivity contribution in [2.75, 3.05) is 9.80 Å². The molecule has 1 aliphatic rings. The molecule has 0 aromatic heterocycles. The van der Waals surface area contributed by atoms with Crippen molar-refractivity contribution in [2.24, 2.45) is 0 Å². The van der Waals surface area contributed by atoms with E-state index in [1.807, 2.05) is 0 Å². The highest BCUT2D eigenvalue weighted by atomic mass is 15.2. The SMILES string of the molecule is CC1=CCC(N(c2ccc(C)cc2)c2ccc(/C=C/c3ccc(-c4ccc(/C=C/c5ccc(N(c6ccc(C)cc6)c6ccc(C)cc6)cc5)cc4)cc3)cc2)C=C1. The first-order valence-corrected chi connectivity index (χ1v) is 20.3. The number of hydrogen-bond acceptors (Lipinski definition) is 2. The van der Waals surface area contributed by atoms with Crippen molar-refractivity contribution in [3.05, 3.63) is 233 Å². The Labute approximate surface area is 345 Å². The lowest BCUT2D eigenvalue weighted by molar-refractivity contribution is 0.779. The van der Waals surface area contributed by atoms with Gasteiger partial charge in [0.2, 0.25) is 0 Å². The zero-order valence-electron chi connectivity index (χ0n) is 33.9. The first kappa shape index (κ1) is 38.0. The Hall–Kier alpha value is -6.90. The first-order chi connectivity index (χ1) is 28.3. The molecule has 0 bridgehead atoms. The number of aryl methyl sites for hydroxylation is 3. The summed E-state index contributed by atoms with van der Waals surface area (Å²) < 4.78 is 0. The van der Waals surface area contributed by atoms with Gasteiger partial charge in [0.1, 0.15) is 0 Å². The van der Waals surface area contributed by atoms with Crippen molar-refractivity contribution in [1.29, 1.82) is 0 Å². The molecule has 0 spiro atoms. The molecular weight excluding hydrogens is 701 g/mol. The van der Waals surface area contributed by atoms with Crippen molar-refractivity contribution in [2.45, 2.75) is 40.2 Å². The van der Waals surface area contributed by atoms with Crippen molar-refractivity contribution in [1.82, 2.24) is 0 Å². The molecule has 1 aliphatic carbocycles. The van der Waals surface area contributed by atoms with Gasteiger partial charge in [0.25, 0.3) is 0 Å². The molecule has 1 unspecified atom stereocenters. The molecule has 7 aromatic carbocycles. The van der Waals surface area contributed by atoms with E-state index in [4.69, 9.17) is 0 Å². The van der Waals surface area contributed by atoms with E-state index in [2.05, 4.69) is 250 Å². The molecule has 0 radical (unpaired) electrons. The molecule has 7 aromatic rings. The van der Waals surface area contributed by atoms with E-state index in [0.717, 1.165) is 29.0 Å². The lowest BCUT2D eigenvalue weighted by atomic mass is 10.0. The standard InChI is InChI=1S/C56H50N2/c1-41-5-29-51(30-6-41)57(52-31-7-42(2)8-32-52)55-37-21-47(22-38-55)15-13-45-17-25-49(26-18-45)50-27-19-46(20-28-50)14-16-48-23-39-56(40-24-48)58(53-33-9-43(3)10-34-53)54-35-11-44(4)12-36-54/h5-35,37-40,54H,36H2,1-4H3/b15-13+,16-14+. The van der Waals surface area contributed by atoms with Gasteiger partial charge in [0, 0.05) is 28.4 Å². The molecule has 2 nitrogen and oxygen atoms in total. The molecule has 0 amide bonds. The molecule has 1 atom stereocenters. The van der Waals surface area contributed by atoms with Crippen molar-refractivity contribution >= 4 is 52.7 Å². The predicted molar refractivity (Wildman–Crippen MR) is 251 cm³/mol. The summed E-state index contributed by atoms with van der Waals surface area (Å²) in [5, 5.41) is 0. The zero-order valence-corrected chi connectivity index (χ0v) is 33.9. The van der Waals surface area contributed by atoms with E-state index >= 15 is 0 Å². The molecule has 0 saturated heterocycles. The van der Waals surface area contributed by atoms with Crippen molar-refractivity contribution < 1.29 is 0 Å². The highest BCUT2D eigenvalue weighted by Crippen LogP contribution is 2.36. The molecule has 0 aliphatic heterocycles. The Morgan fingerprint density at radius 3 is 1.03 bits per heavy atom. The van der Waals surface area contributed by atoms with E-state index in [1.165, 1.54) is 61.5 Å². The van der Waals surface area contributed by atoms with E-state index in [1.54, 1.807) is 0 Å². The number of benzene rings is 7. The van der Waals surface area contributed by atoms with Crippen LogP contribution in [0.4, 0.5) is 28.4 Å². The Kier molecular flexibility index (Phi) is 11.5. The average molecular weight is 751 g/mol. The van der Waals surface area contributed by atoms with Crippen LogP contribution in [0.25, 0.3) is 35.4 Å². The van der Waals surface area contributed by atoms with E-state index in [-0.39, 0.29) is 6.04 Å². The van der Waals surface area contributed by atoms with Gasteiger partial charge in [-0.3, -0.25) is 0 Å². The summed E-state index contributed by atoms with van der Waals surface area (Å²) in [6, 6.07) is 61.8. The third-order valence-corrected chi connectivity index (χ3v) is 10.9. The molecule has 2 heteroatoms. The first-order valence-electron chi connectivity index (χ1n) is 20.3. The minimum Gasteiger partial charge on any atom is -0.334 e. The van der Waals surface area contributed by atoms with Gasteiger partial charge in [-0.2, -0.15) is 0 Å². The van der Waals surface area contributed by atoms with E-state index < -0.39 is 0 Å². The van der Waals surface area contributed by atoms with Crippen LogP contribution in [0.2, 0.25) is 0 Å². The second-order valence-electron chi connectivity index (χ2n) is 15.4. The van der Waals surface area contributed by atoms with Gasteiger partial charge in [0.05, 0.1) is 6.04 Å². The van der Waals surface area contributed by atoms with E-state index in [9.17, 15) is 0 Å². The molecule has 58 heavy (non-hydrogen) atoms. The normalized spacial score (nSPS) is 13.9. The fourth-order valence-electron chi connectivity index (χ4n) is 7.42. The van der Waals surface area contributed by atoms with Gasteiger partial charge in [-0.15, -0.1) is 0 Å². The molecule has 0 fully saturated rings. The highest BCUT2D eigenvalue weighted by molar-refractivity contribution is 5.79. The zero-order chi connectivity index (χ0) is 39.8.